The van der Waals surface area contributed by atoms with Crippen LogP contribution in [-0.4, -0.2) is 46.8 Å². The van der Waals surface area contributed by atoms with Crippen molar-refractivity contribution in [3.8, 4) is 0 Å². The molecule has 1 atom stereocenters. The summed E-state index contributed by atoms with van der Waals surface area (Å²) < 4.78 is 0. The van der Waals surface area contributed by atoms with E-state index in [1.807, 2.05) is 40.1 Å². The highest BCUT2D eigenvalue weighted by atomic mass is 16.2. The van der Waals surface area contributed by atoms with Gasteiger partial charge in [0.15, 0.2) is 0 Å². The fraction of sp³-hybridized carbons (Fsp3) is 0.529. The highest BCUT2D eigenvalue weighted by Gasteiger charge is 2.46. The molecule has 2 heterocycles. The van der Waals surface area contributed by atoms with E-state index >= 15 is 0 Å². The number of carbonyl (C=O) groups is 2. The van der Waals surface area contributed by atoms with Crippen LogP contribution in [0, 0.1) is 0 Å². The molecule has 2 fully saturated rings. The molecule has 0 aliphatic carbocycles. The predicted molar refractivity (Wildman–Crippen MR) is 80.9 cm³/mol. The lowest BCUT2D eigenvalue weighted by atomic mass is 9.85. The molecule has 2 amide bonds. The zero-order valence-electron chi connectivity index (χ0n) is 12.5. The van der Waals surface area contributed by atoms with Gasteiger partial charge in [-0.15, -0.1) is 0 Å². The standard InChI is InChI=1S/C17H22N2O2/c1-14(20)19-11-6-5-9-17(19)10-12-18(13-17)16(21)15-7-3-2-4-8-15/h2-4,7-8H,5-6,9-13H2,1H3. The van der Waals surface area contributed by atoms with Crippen molar-refractivity contribution in [1.29, 1.82) is 0 Å². The summed E-state index contributed by atoms with van der Waals surface area (Å²) in [5.74, 6) is 0.227. The van der Waals surface area contributed by atoms with Crippen LogP contribution < -0.4 is 0 Å². The maximum absolute atomic E-state index is 12.6. The van der Waals surface area contributed by atoms with Gasteiger partial charge in [0.1, 0.15) is 0 Å². The molecule has 3 rings (SSSR count). The Kier molecular flexibility index (Phi) is 3.70. The molecule has 0 N–H and O–H groups in total. The van der Waals surface area contributed by atoms with Gasteiger partial charge in [0.2, 0.25) is 5.91 Å². The van der Waals surface area contributed by atoms with E-state index in [-0.39, 0.29) is 17.4 Å². The van der Waals surface area contributed by atoms with Crippen molar-refractivity contribution in [3.05, 3.63) is 35.9 Å². The van der Waals surface area contributed by atoms with E-state index in [4.69, 9.17) is 0 Å². The maximum atomic E-state index is 12.6. The van der Waals surface area contributed by atoms with Crippen molar-refractivity contribution in [2.75, 3.05) is 19.6 Å². The summed E-state index contributed by atoms with van der Waals surface area (Å²) in [6, 6.07) is 9.41. The number of carbonyl (C=O) groups excluding carboxylic acids is 2. The van der Waals surface area contributed by atoms with Crippen LogP contribution >= 0.6 is 0 Å². The van der Waals surface area contributed by atoms with Gasteiger partial charge in [-0.25, -0.2) is 0 Å². The number of benzene rings is 1. The quantitative estimate of drug-likeness (QED) is 0.795. The Hall–Kier alpha value is -1.84. The van der Waals surface area contributed by atoms with Crippen molar-refractivity contribution >= 4 is 11.8 Å². The van der Waals surface area contributed by atoms with Crippen LogP contribution in [0.2, 0.25) is 0 Å². The zero-order valence-corrected chi connectivity index (χ0v) is 12.5. The van der Waals surface area contributed by atoms with E-state index in [2.05, 4.69) is 0 Å². The largest absolute Gasteiger partial charge is 0.336 e. The Morgan fingerprint density at radius 2 is 1.81 bits per heavy atom. The number of hydrogen-bond acceptors (Lipinski definition) is 2. The van der Waals surface area contributed by atoms with Gasteiger partial charge < -0.3 is 9.80 Å². The van der Waals surface area contributed by atoms with E-state index < -0.39 is 0 Å². The summed E-state index contributed by atoms with van der Waals surface area (Å²) in [6.07, 6.45) is 4.15. The van der Waals surface area contributed by atoms with Crippen LogP contribution in [0.1, 0.15) is 43.0 Å². The molecule has 0 bridgehead atoms. The van der Waals surface area contributed by atoms with Gasteiger partial charge in [-0.2, -0.15) is 0 Å². The van der Waals surface area contributed by atoms with Gasteiger partial charge in [0.05, 0.1) is 5.54 Å². The number of rotatable bonds is 1. The summed E-state index contributed by atoms with van der Waals surface area (Å²) in [6.45, 7) is 3.91. The molecule has 0 radical (unpaired) electrons. The van der Waals surface area contributed by atoms with Crippen molar-refractivity contribution in [2.24, 2.45) is 0 Å². The maximum Gasteiger partial charge on any atom is 0.253 e. The third-order valence-corrected chi connectivity index (χ3v) is 4.87. The van der Waals surface area contributed by atoms with Gasteiger partial charge >= 0.3 is 0 Å². The number of hydrogen-bond donors (Lipinski definition) is 0. The molecular weight excluding hydrogens is 264 g/mol. The first kappa shape index (κ1) is 14.1. The van der Waals surface area contributed by atoms with Crippen molar-refractivity contribution in [3.63, 3.8) is 0 Å². The Labute approximate surface area is 125 Å². The second-order valence-corrected chi connectivity index (χ2v) is 6.19. The normalized spacial score (nSPS) is 25.4. The second kappa shape index (κ2) is 5.51. The molecule has 0 saturated carbocycles. The predicted octanol–water partition coefficient (Wildman–Crippen LogP) is 2.30. The van der Waals surface area contributed by atoms with Gasteiger partial charge in [0.25, 0.3) is 5.91 Å². The monoisotopic (exact) mass is 286 g/mol. The first-order valence-electron chi connectivity index (χ1n) is 7.75. The smallest absolute Gasteiger partial charge is 0.253 e. The van der Waals surface area contributed by atoms with Crippen molar-refractivity contribution in [1.82, 2.24) is 9.80 Å². The lowest BCUT2D eigenvalue weighted by Gasteiger charge is -2.44. The zero-order chi connectivity index (χ0) is 14.9. The number of piperidine rings is 1. The first-order valence-corrected chi connectivity index (χ1v) is 7.75. The summed E-state index contributed by atoms with van der Waals surface area (Å²) in [5, 5.41) is 0. The van der Waals surface area contributed by atoms with Crippen LogP contribution in [0.5, 0.6) is 0 Å². The Morgan fingerprint density at radius 1 is 1.05 bits per heavy atom. The van der Waals surface area contributed by atoms with Crippen LogP contribution in [0.3, 0.4) is 0 Å². The molecule has 0 aromatic heterocycles. The van der Waals surface area contributed by atoms with E-state index in [1.165, 1.54) is 0 Å². The summed E-state index contributed by atoms with van der Waals surface area (Å²) in [4.78, 5) is 28.4. The van der Waals surface area contributed by atoms with Gasteiger partial charge in [-0.1, -0.05) is 18.2 Å². The summed E-state index contributed by atoms with van der Waals surface area (Å²) in [5.41, 5.74) is 0.619. The van der Waals surface area contributed by atoms with E-state index in [0.29, 0.717) is 6.54 Å². The summed E-state index contributed by atoms with van der Waals surface area (Å²) in [7, 11) is 0. The minimum absolute atomic E-state index is 0.0848. The molecule has 2 aliphatic rings. The first-order chi connectivity index (χ1) is 10.1. The molecule has 21 heavy (non-hydrogen) atoms. The lowest BCUT2D eigenvalue weighted by molar-refractivity contribution is -0.137. The molecule has 1 spiro atoms. The van der Waals surface area contributed by atoms with Crippen molar-refractivity contribution in [2.45, 2.75) is 38.1 Å². The third-order valence-electron chi connectivity index (χ3n) is 4.87. The highest BCUT2D eigenvalue weighted by Crippen LogP contribution is 2.37. The Morgan fingerprint density at radius 3 is 2.52 bits per heavy atom. The Bertz CT molecular complexity index is 543. The van der Waals surface area contributed by atoms with E-state index in [1.54, 1.807) is 6.92 Å². The Balaban J connectivity index is 1.78. The molecule has 2 saturated heterocycles. The minimum atomic E-state index is -0.117. The second-order valence-electron chi connectivity index (χ2n) is 6.19. The van der Waals surface area contributed by atoms with Crippen LogP contribution in [0.25, 0.3) is 0 Å². The van der Waals surface area contributed by atoms with E-state index in [9.17, 15) is 9.59 Å². The van der Waals surface area contributed by atoms with Gasteiger partial charge in [0, 0.05) is 32.1 Å². The number of amides is 2. The number of nitrogens with zero attached hydrogens (tertiary/aromatic N) is 2. The molecule has 1 aromatic carbocycles. The fourth-order valence-electron chi connectivity index (χ4n) is 3.81. The summed E-state index contributed by atoms with van der Waals surface area (Å²) >= 11 is 0. The fourth-order valence-corrected chi connectivity index (χ4v) is 3.81. The average Bonchev–Trinajstić information content (AvgIpc) is 2.92. The van der Waals surface area contributed by atoms with Crippen LogP contribution in [-0.2, 0) is 4.79 Å². The molecule has 4 heteroatoms. The average molecular weight is 286 g/mol. The molecule has 2 aliphatic heterocycles. The van der Waals surface area contributed by atoms with Gasteiger partial charge in [-0.3, -0.25) is 9.59 Å². The molecule has 112 valence electrons. The third kappa shape index (κ3) is 2.55. The minimum Gasteiger partial charge on any atom is -0.336 e. The number of likely N-dealkylation sites (tertiary alicyclic amines) is 2. The van der Waals surface area contributed by atoms with Crippen LogP contribution in [0.4, 0.5) is 0 Å². The van der Waals surface area contributed by atoms with Gasteiger partial charge in [-0.05, 0) is 37.8 Å². The SMILES string of the molecule is CC(=O)N1CCCCC12CCN(C(=O)c1ccccc1)C2. The molecular formula is C17H22N2O2. The highest BCUT2D eigenvalue weighted by molar-refractivity contribution is 5.94. The molecule has 1 aromatic rings. The lowest BCUT2D eigenvalue weighted by Crippen LogP contribution is -2.55. The molecule has 4 nitrogen and oxygen atoms in total. The van der Waals surface area contributed by atoms with Crippen molar-refractivity contribution < 1.29 is 9.59 Å². The van der Waals surface area contributed by atoms with E-state index in [0.717, 1.165) is 44.3 Å². The van der Waals surface area contributed by atoms with Crippen LogP contribution in [0.15, 0.2) is 30.3 Å². The molecule has 1 unspecified atom stereocenters. The topological polar surface area (TPSA) is 40.6 Å².